The van der Waals surface area contributed by atoms with Gasteiger partial charge in [-0.15, -0.1) is 0 Å². The molecule has 0 bridgehead atoms. The number of carbonyl (C=O) groups is 1. The Morgan fingerprint density at radius 3 is 2.25 bits per heavy atom. The van der Waals surface area contributed by atoms with E-state index in [9.17, 15) is 21.6 Å². The van der Waals surface area contributed by atoms with Crippen molar-refractivity contribution in [2.45, 2.75) is 16.3 Å². The lowest BCUT2D eigenvalue weighted by Crippen LogP contribution is -2.23. The first kappa shape index (κ1) is 23.4. The first-order valence-corrected chi connectivity index (χ1v) is 12.7. The Balaban J connectivity index is 1.64. The minimum absolute atomic E-state index is 0.0390. The van der Waals surface area contributed by atoms with Crippen LogP contribution in [0.3, 0.4) is 0 Å². The molecule has 0 fully saturated rings. The van der Waals surface area contributed by atoms with Gasteiger partial charge in [0.2, 0.25) is 15.9 Å². The van der Waals surface area contributed by atoms with Gasteiger partial charge in [0, 0.05) is 25.1 Å². The van der Waals surface area contributed by atoms with Gasteiger partial charge in [-0.2, -0.15) is 0 Å². The molecular weight excluding hydrogens is 454 g/mol. The third-order valence-corrected chi connectivity index (χ3v) is 6.98. The Kier molecular flexibility index (Phi) is 6.92. The van der Waals surface area contributed by atoms with E-state index in [4.69, 9.17) is 4.74 Å². The number of para-hydroxylation sites is 1. The lowest BCUT2D eigenvalue weighted by molar-refractivity contribution is 0.0950. The van der Waals surface area contributed by atoms with Crippen LogP contribution in [0.25, 0.3) is 0 Å². The van der Waals surface area contributed by atoms with Crippen LogP contribution in [0.15, 0.2) is 76.7 Å². The lowest BCUT2D eigenvalue weighted by Gasteiger charge is -2.10. The van der Waals surface area contributed by atoms with Crippen molar-refractivity contribution in [2.75, 3.05) is 13.3 Å². The Bertz CT molecular complexity index is 1320. The molecule has 3 aromatic rings. The van der Waals surface area contributed by atoms with E-state index in [0.717, 1.165) is 11.8 Å². The fraction of sp³-hybridized carbons (Fsp3) is 0.143. The Hall–Kier alpha value is -3.28. The van der Waals surface area contributed by atoms with E-state index < -0.39 is 19.9 Å². The van der Waals surface area contributed by atoms with Crippen molar-refractivity contribution >= 4 is 25.8 Å². The molecule has 2 aromatic carbocycles. The summed E-state index contributed by atoms with van der Waals surface area (Å²) in [5, 5.41) is 2.72. The highest BCUT2D eigenvalue weighted by molar-refractivity contribution is 7.90. The third-order valence-electron chi connectivity index (χ3n) is 4.42. The maximum Gasteiger partial charge on any atom is 0.253 e. The van der Waals surface area contributed by atoms with Gasteiger partial charge >= 0.3 is 0 Å². The fourth-order valence-electron chi connectivity index (χ4n) is 2.72. The molecule has 0 aliphatic rings. The molecule has 1 aromatic heterocycles. The number of sulfonamides is 1. The summed E-state index contributed by atoms with van der Waals surface area (Å²) in [7, 11) is -5.66. The van der Waals surface area contributed by atoms with Gasteiger partial charge in [-0.05, 0) is 42.9 Å². The molecule has 0 unspecified atom stereocenters. The number of pyridine rings is 1. The highest BCUT2D eigenvalue weighted by Crippen LogP contribution is 2.27. The van der Waals surface area contributed by atoms with Crippen LogP contribution in [0, 0.1) is 0 Å². The summed E-state index contributed by atoms with van der Waals surface area (Å²) in [4.78, 5) is 16.6. The number of sulfone groups is 1. The molecule has 1 amide bonds. The van der Waals surface area contributed by atoms with Gasteiger partial charge in [-0.3, -0.25) is 4.79 Å². The van der Waals surface area contributed by atoms with Crippen LogP contribution in [0.4, 0.5) is 0 Å². The van der Waals surface area contributed by atoms with Gasteiger partial charge in [-0.25, -0.2) is 26.5 Å². The minimum atomic E-state index is -3.52. The van der Waals surface area contributed by atoms with Crippen molar-refractivity contribution in [1.82, 2.24) is 15.0 Å². The van der Waals surface area contributed by atoms with Gasteiger partial charge in [0.25, 0.3) is 5.91 Å². The van der Waals surface area contributed by atoms with Gasteiger partial charge in [0.05, 0.1) is 10.5 Å². The molecule has 0 aliphatic heterocycles. The van der Waals surface area contributed by atoms with Crippen molar-refractivity contribution in [3.05, 3.63) is 78.0 Å². The molecule has 9 nitrogen and oxygen atoms in total. The van der Waals surface area contributed by atoms with E-state index in [1.54, 1.807) is 24.3 Å². The standard InChI is InChI=1S/C21H21N3O6S2/c1-22-32(28,29)17-10-7-15(8-11-17)13-24-21(25)16-9-12-20(23-14-16)30-18-5-3-4-6-19(18)31(2,26)27/h3-12,14,22H,13H2,1-2H3,(H,24,25). The number of ether oxygens (including phenoxy) is 1. The maximum atomic E-state index is 12.4. The molecule has 1 heterocycles. The van der Waals surface area contributed by atoms with Crippen LogP contribution in [-0.4, -0.2) is 41.0 Å². The molecule has 168 valence electrons. The zero-order valence-electron chi connectivity index (χ0n) is 17.3. The average Bonchev–Trinajstić information content (AvgIpc) is 2.78. The zero-order valence-corrected chi connectivity index (χ0v) is 18.9. The van der Waals surface area contributed by atoms with E-state index >= 15 is 0 Å². The van der Waals surface area contributed by atoms with E-state index in [0.29, 0.717) is 0 Å². The van der Waals surface area contributed by atoms with Crippen LogP contribution >= 0.6 is 0 Å². The summed E-state index contributed by atoms with van der Waals surface area (Å²) in [6.07, 6.45) is 2.40. The molecule has 32 heavy (non-hydrogen) atoms. The summed E-state index contributed by atoms with van der Waals surface area (Å²) >= 11 is 0. The van der Waals surface area contributed by atoms with E-state index in [1.807, 2.05) is 0 Å². The highest BCUT2D eigenvalue weighted by Gasteiger charge is 2.15. The second-order valence-corrected chi connectivity index (χ2v) is 10.6. The summed E-state index contributed by atoms with van der Waals surface area (Å²) in [5.41, 5.74) is 1.00. The van der Waals surface area contributed by atoms with Crippen LogP contribution < -0.4 is 14.8 Å². The van der Waals surface area contributed by atoms with Crippen molar-refractivity contribution < 1.29 is 26.4 Å². The van der Waals surface area contributed by atoms with Crippen LogP contribution in [-0.2, 0) is 26.4 Å². The molecule has 0 atom stereocenters. The van der Waals surface area contributed by atoms with Crippen molar-refractivity contribution in [1.29, 1.82) is 0 Å². The van der Waals surface area contributed by atoms with Gasteiger partial charge in [0.1, 0.15) is 10.6 Å². The third kappa shape index (κ3) is 5.69. The fourth-order valence-corrected chi connectivity index (χ4v) is 4.25. The predicted molar refractivity (Wildman–Crippen MR) is 118 cm³/mol. The number of carbonyl (C=O) groups excluding carboxylic acids is 1. The summed E-state index contributed by atoms with van der Waals surface area (Å²) in [6.45, 7) is 0.193. The van der Waals surface area contributed by atoms with Crippen molar-refractivity contribution in [3.63, 3.8) is 0 Å². The SMILES string of the molecule is CNS(=O)(=O)c1ccc(CNC(=O)c2ccc(Oc3ccccc3S(C)(=O)=O)nc2)cc1. The quantitative estimate of drug-likeness (QED) is 0.510. The molecule has 0 spiro atoms. The Morgan fingerprint density at radius 1 is 0.969 bits per heavy atom. The number of amides is 1. The predicted octanol–water partition coefficient (Wildman–Crippen LogP) is 2.12. The molecule has 0 radical (unpaired) electrons. The summed E-state index contributed by atoms with van der Waals surface area (Å²) in [6, 6.07) is 15.3. The molecule has 0 saturated carbocycles. The largest absolute Gasteiger partial charge is 0.438 e. The number of hydrogen-bond acceptors (Lipinski definition) is 7. The molecule has 3 rings (SSSR count). The van der Waals surface area contributed by atoms with E-state index in [-0.39, 0.29) is 39.4 Å². The number of benzene rings is 2. The molecule has 0 aliphatic carbocycles. The topological polar surface area (TPSA) is 132 Å². The lowest BCUT2D eigenvalue weighted by atomic mass is 10.2. The van der Waals surface area contributed by atoms with Gasteiger partial charge < -0.3 is 10.1 Å². The van der Waals surface area contributed by atoms with Gasteiger partial charge in [-0.1, -0.05) is 24.3 Å². The van der Waals surface area contributed by atoms with Crippen molar-refractivity contribution in [2.24, 2.45) is 0 Å². The van der Waals surface area contributed by atoms with Gasteiger partial charge in [0.15, 0.2) is 9.84 Å². The average molecular weight is 476 g/mol. The number of hydrogen-bond donors (Lipinski definition) is 2. The first-order valence-electron chi connectivity index (χ1n) is 9.34. The van der Waals surface area contributed by atoms with E-state index in [1.165, 1.54) is 49.6 Å². The number of rotatable bonds is 8. The monoisotopic (exact) mass is 475 g/mol. The second kappa shape index (κ2) is 9.47. The van der Waals surface area contributed by atoms with Crippen LogP contribution in [0.2, 0.25) is 0 Å². The summed E-state index contributed by atoms with van der Waals surface area (Å²) < 4.78 is 55.0. The highest BCUT2D eigenvalue weighted by atomic mass is 32.2. The van der Waals surface area contributed by atoms with Crippen LogP contribution in [0.1, 0.15) is 15.9 Å². The van der Waals surface area contributed by atoms with Crippen molar-refractivity contribution in [3.8, 4) is 11.6 Å². The number of nitrogens with one attached hydrogen (secondary N) is 2. The van der Waals surface area contributed by atoms with E-state index in [2.05, 4.69) is 15.0 Å². The molecular formula is C21H21N3O6S2. The minimum Gasteiger partial charge on any atom is -0.438 e. The Morgan fingerprint density at radius 2 is 1.66 bits per heavy atom. The zero-order chi connectivity index (χ0) is 23.4. The maximum absolute atomic E-state index is 12.4. The molecule has 0 saturated heterocycles. The first-order chi connectivity index (χ1) is 15.1. The molecule has 2 N–H and O–H groups in total. The van der Waals surface area contributed by atoms with Crippen LogP contribution in [0.5, 0.6) is 11.6 Å². The smallest absolute Gasteiger partial charge is 0.253 e. The number of aromatic nitrogens is 1. The molecule has 11 heteroatoms. The normalized spacial score (nSPS) is 11.7. The Labute approximate surface area is 186 Å². The summed E-state index contributed by atoms with van der Waals surface area (Å²) in [5.74, 6) is -0.102. The number of nitrogens with zero attached hydrogens (tertiary/aromatic N) is 1. The second-order valence-electron chi connectivity index (χ2n) is 6.74.